The molecule has 28 heavy (non-hydrogen) atoms. The van der Waals surface area contributed by atoms with E-state index in [0.717, 1.165) is 7.11 Å². The molecule has 2 aromatic carbocycles. The summed E-state index contributed by atoms with van der Waals surface area (Å²) in [5.41, 5.74) is -0.000810. The van der Waals surface area contributed by atoms with Gasteiger partial charge in [-0.2, -0.15) is 0 Å². The summed E-state index contributed by atoms with van der Waals surface area (Å²) in [6.45, 7) is -0.604. The van der Waals surface area contributed by atoms with E-state index in [1.54, 1.807) is 0 Å². The maximum Gasteiger partial charge on any atom is 1.00 e. The van der Waals surface area contributed by atoms with Crippen molar-refractivity contribution >= 4 is 60.0 Å². The molecule has 146 valence electrons. The molecule has 0 saturated carbocycles. The molecule has 2 atom stereocenters. The Morgan fingerprint density at radius 3 is 2.18 bits per heavy atom. The van der Waals surface area contributed by atoms with Crippen LogP contribution in [0.25, 0.3) is 0 Å². The number of hydrogen-bond acceptors (Lipinski definition) is 6. The maximum atomic E-state index is 12.2. The number of esters is 1. The number of hydrogen-bond donors (Lipinski definition) is 0. The second kappa shape index (κ2) is 11.1. The van der Waals surface area contributed by atoms with E-state index < -0.39 is 26.0 Å². The molecule has 0 N–H and O–H groups in total. The maximum absolute atomic E-state index is 12.2. The van der Waals surface area contributed by atoms with Crippen molar-refractivity contribution in [2.45, 2.75) is 5.85 Å². The zero-order valence-corrected chi connectivity index (χ0v) is 18.6. The van der Waals surface area contributed by atoms with Crippen molar-refractivity contribution in [3.63, 3.8) is 0 Å². The van der Waals surface area contributed by atoms with E-state index in [-0.39, 0.29) is 45.2 Å². The Hall–Kier alpha value is -0.383. The number of halogens is 4. The Bertz CT molecular complexity index is 897. The number of rotatable bonds is 7. The van der Waals surface area contributed by atoms with Crippen molar-refractivity contribution in [2.75, 3.05) is 13.7 Å². The van der Waals surface area contributed by atoms with Crippen LogP contribution < -0.4 is 28.5 Å². The van der Waals surface area contributed by atoms with E-state index in [4.69, 9.17) is 55.9 Å². The molecule has 0 aliphatic rings. The van der Waals surface area contributed by atoms with Crippen LogP contribution in [0.2, 0.25) is 20.1 Å². The van der Waals surface area contributed by atoms with E-state index >= 15 is 0 Å². The van der Waals surface area contributed by atoms with E-state index in [9.17, 15) is 14.3 Å². The fourth-order valence-electron chi connectivity index (χ4n) is 1.98. The molecule has 0 radical (unpaired) electrons. The van der Waals surface area contributed by atoms with Crippen LogP contribution in [0.1, 0.15) is 11.4 Å². The molecule has 0 bridgehead atoms. The van der Waals surface area contributed by atoms with Gasteiger partial charge in [-0.3, -0.25) is 0 Å². The number of carbonyl (C=O) groups excluding carboxylic acids is 1. The third-order valence-electron chi connectivity index (χ3n) is 3.25. The molecule has 6 nitrogen and oxygen atoms in total. The quantitative estimate of drug-likeness (QED) is 0.343. The minimum absolute atomic E-state index is 0. The number of ether oxygens (including phenoxy) is 2. The van der Waals surface area contributed by atoms with Gasteiger partial charge in [-0.15, -0.1) is 0 Å². The predicted octanol–water partition coefficient (Wildman–Crippen LogP) is 2.12. The minimum atomic E-state index is -4.63. The second-order valence-corrected chi connectivity index (χ2v) is 8.69. The van der Waals surface area contributed by atoms with Gasteiger partial charge in [0.15, 0.2) is 20.0 Å². The Morgan fingerprint density at radius 2 is 1.64 bits per heavy atom. The van der Waals surface area contributed by atoms with E-state index in [1.165, 1.54) is 36.4 Å². The smallest absolute Gasteiger partial charge is 0.776 e. The first-order chi connectivity index (χ1) is 12.6. The molecule has 0 amide bonds. The fraction of sp³-hybridized carbons (Fsp3) is 0.188. The van der Waals surface area contributed by atoms with Crippen LogP contribution in [0.5, 0.6) is 5.75 Å². The van der Waals surface area contributed by atoms with Gasteiger partial charge in [0.1, 0.15) is 5.75 Å². The summed E-state index contributed by atoms with van der Waals surface area (Å²) in [5, 5.41) is 0.849. The second-order valence-electron chi connectivity index (χ2n) is 5.09. The van der Waals surface area contributed by atoms with Crippen LogP contribution in [0.4, 0.5) is 0 Å². The average Bonchev–Trinajstić information content (AvgIpc) is 2.59. The topological polar surface area (TPSA) is 84.9 Å². The molecule has 0 aromatic heterocycles. The molecule has 12 heteroatoms. The van der Waals surface area contributed by atoms with Crippen LogP contribution in [-0.4, -0.2) is 19.7 Å². The third-order valence-corrected chi connectivity index (χ3v) is 5.81. The largest absolute Gasteiger partial charge is 1.00 e. The minimum Gasteiger partial charge on any atom is -0.776 e. The zero-order valence-electron chi connectivity index (χ0n) is 14.7. The molecule has 0 heterocycles. The molecule has 0 aliphatic heterocycles. The van der Waals surface area contributed by atoms with Crippen molar-refractivity contribution in [2.24, 2.45) is 0 Å². The zero-order chi connectivity index (χ0) is 20.2. The van der Waals surface area contributed by atoms with Gasteiger partial charge in [-0.05, 0) is 30.3 Å². The third kappa shape index (κ3) is 6.85. The summed E-state index contributed by atoms with van der Waals surface area (Å²) in [6, 6.07) is 8.45. The molecular formula is C16H12Cl4LiO6P. The standard InChI is InChI=1S/C16H13Cl4O6P.Li/c1-24-27(22,23)16(11-4-2-9(17)6-12(11)19)26-15(21)8-25-14-5-3-10(18)7-13(14)20;/h2-7,16H,8H2,1H3,(H,22,23);/q;+1/p-1. The van der Waals surface area contributed by atoms with Crippen molar-refractivity contribution in [1.29, 1.82) is 0 Å². The van der Waals surface area contributed by atoms with Gasteiger partial charge in [0.25, 0.3) is 0 Å². The summed E-state index contributed by atoms with van der Waals surface area (Å²) >= 11 is 23.5. The van der Waals surface area contributed by atoms with Gasteiger partial charge >= 0.3 is 24.8 Å². The number of benzene rings is 2. The molecule has 0 fully saturated rings. The Kier molecular flexibility index (Phi) is 10.2. The van der Waals surface area contributed by atoms with Gasteiger partial charge in [0.05, 0.1) is 5.02 Å². The summed E-state index contributed by atoms with van der Waals surface area (Å²) in [7, 11) is -3.69. The van der Waals surface area contributed by atoms with E-state index in [1.807, 2.05) is 0 Å². The Labute approximate surface area is 193 Å². The first-order valence-electron chi connectivity index (χ1n) is 7.23. The molecular weight excluding hydrogens is 468 g/mol. The van der Waals surface area contributed by atoms with E-state index in [2.05, 4.69) is 4.52 Å². The Morgan fingerprint density at radius 1 is 1.07 bits per heavy atom. The predicted molar refractivity (Wildman–Crippen MR) is 102 cm³/mol. The van der Waals surface area contributed by atoms with Crippen LogP contribution >= 0.6 is 54.0 Å². The fourth-order valence-corrected chi connectivity index (χ4v) is 4.03. The molecule has 2 unspecified atom stereocenters. The molecule has 2 rings (SSSR count). The summed E-state index contributed by atoms with van der Waals surface area (Å²) < 4.78 is 27.0. The van der Waals surface area contributed by atoms with Crippen LogP contribution in [0.15, 0.2) is 36.4 Å². The van der Waals surface area contributed by atoms with Crippen LogP contribution in [0, 0.1) is 0 Å². The first-order valence-corrected chi connectivity index (χ1v) is 10.3. The summed E-state index contributed by atoms with van der Waals surface area (Å²) in [4.78, 5) is 24.3. The van der Waals surface area contributed by atoms with Gasteiger partial charge < -0.3 is 23.5 Å². The van der Waals surface area contributed by atoms with Crippen LogP contribution in [0.3, 0.4) is 0 Å². The van der Waals surface area contributed by atoms with Gasteiger partial charge in [-0.25, -0.2) is 4.79 Å². The molecule has 0 spiro atoms. The van der Waals surface area contributed by atoms with Crippen molar-refractivity contribution in [1.82, 2.24) is 0 Å². The van der Waals surface area contributed by atoms with Crippen LogP contribution in [-0.2, 0) is 18.6 Å². The average molecular weight is 480 g/mol. The van der Waals surface area contributed by atoms with Gasteiger partial charge in [0, 0.05) is 27.7 Å². The van der Waals surface area contributed by atoms with E-state index in [0.29, 0.717) is 5.02 Å². The SMILES string of the molecule is COP(=O)([O-])C(OC(=O)COc1ccc(Cl)cc1Cl)c1ccc(Cl)cc1Cl.[Li+]. The first kappa shape index (κ1) is 25.7. The van der Waals surface area contributed by atoms with Crippen molar-refractivity contribution < 1.29 is 47.1 Å². The van der Waals surface area contributed by atoms with Crippen molar-refractivity contribution in [3.8, 4) is 5.75 Å². The Balaban J connectivity index is 0.00000392. The van der Waals surface area contributed by atoms with Gasteiger partial charge in [-0.1, -0.05) is 52.5 Å². The monoisotopic (exact) mass is 478 g/mol. The molecule has 0 aliphatic carbocycles. The molecule has 0 saturated heterocycles. The summed E-state index contributed by atoms with van der Waals surface area (Å²) in [5.74, 6) is -2.58. The van der Waals surface area contributed by atoms with Crippen molar-refractivity contribution in [3.05, 3.63) is 62.1 Å². The molecule has 2 aromatic rings. The normalized spacial score (nSPS) is 13.8. The number of carbonyl (C=O) groups is 1. The summed E-state index contributed by atoms with van der Waals surface area (Å²) in [6.07, 6.45) is 0. The van der Waals surface area contributed by atoms with Gasteiger partial charge in [0.2, 0.25) is 0 Å².